The predicted molar refractivity (Wildman–Crippen MR) is 108 cm³/mol. The van der Waals surface area contributed by atoms with E-state index in [1.165, 1.54) is 19.2 Å². The minimum Gasteiger partial charge on any atom is -0.463 e. The quantitative estimate of drug-likeness (QED) is 0.166. The van der Waals surface area contributed by atoms with Crippen molar-refractivity contribution in [1.82, 2.24) is 0 Å². The molecule has 0 aliphatic heterocycles. The van der Waals surface area contributed by atoms with Crippen LogP contribution >= 0.6 is 0 Å². The van der Waals surface area contributed by atoms with Gasteiger partial charge in [0.1, 0.15) is 19.8 Å². The molecule has 0 saturated heterocycles. The Morgan fingerprint density at radius 2 is 1.20 bits per heavy atom. The Kier molecular flexibility index (Phi) is 9.65. The van der Waals surface area contributed by atoms with Crippen LogP contribution in [-0.2, 0) is 33.3 Å². The summed E-state index contributed by atoms with van der Waals surface area (Å²) in [5, 5.41) is 0. The van der Waals surface area contributed by atoms with Gasteiger partial charge in [-0.15, -0.1) is 0 Å². The molecule has 1 aromatic rings. The lowest BCUT2D eigenvalue weighted by molar-refractivity contribution is -0.164. The molecule has 1 aromatic carbocycles. The zero-order valence-electron chi connectivity index (χ0n) is 18.2. The Morgan fingerprint density at radius 3 is 1.70 bits per heavy atom. The van der Waals surface area contributed by atoms with Gasteiger partial charge < -0.3 is 18.9 Å². The van der Waals surface area contributed by atoms with Gasteiger partial charge in [-0.1, -0.05) is 30.3 Å². The van der Waals surface area contributed by atoms with Gasteiger partial charge in [0.15, 0.2) is 0 Å². The van der Waals surface area contributed by atoms with Crippen LogP contribution in [0.3, 0.4) is 0 Å². The smallest absolute Gasteiger partial charge is 0.379 e. The highest BCUT2D eigenvalue weighted by Crippen LogP contribution is 2.35. The zero-order valence-corrected chi connectivity index (χ0v) is 18.2. The number of ether oxygens (including phenoxy) is 4. The van der Waals surface area contributed by atoms with Crippen molar-refractivity contribution in [3.8, 4) is 0 Å². The molecule has 0 fully saturated rings. The van der Waals surface area contributed by atoms with Crippen molar-refractivity contribution in [2.24, 2.45) is 10.8 Å². The van der Waals surface area contributed by atoms with E-state index in [0.717, 1.165) is 0 Å². The summed E-state index contributed by atoms with van der Waals surface area (Å²) in [6, 6.07) is 8.02. The second kappa shape index (κ2) is 11.4. The standard InChI is InChI=1S/C22H30O8/c1-21(2,19(25)29-12-11-27-5)15-22(3,4)20(26)30-14-13-28-18(24)17(23)16-9-7-6-8-10-16/h6-10H,11-15H2,1-5H3. The first kappa shape index (κ1) is 25.3. The highest BCUT2D eigenvalue weighted by molar-refractivity contribution is 6.40. The molecule has 0 atom stereocenters. The van der Waals surface area contributed by atoms with Gasteiger partial charge in [-0.05, 0) is 34.1 Å². The molecule has 8 nitrogen and oxygen atoms in total. The Balaban J connectivity index is 2.46. The molecule has 0 heterocycles. The van der Waals surface area contributed by atoms with Gasteiger partial charge in [-0.2, -0.15) is 0 Å². The van der Waals surface area contributed by atoms with E-state index >= 15 is 0 Å². The van der Waals surface area contributed by atoms with Crippen LogP contribution in [0.25, 0.3) is 0 Å². The van der Waals surface area contributed by atoms with E-state index in [4.69, 9.17) is 18.9 Å². The average molecular weight is 422 g/mol. The third-order valence-corrected chi connectivity index (χ3v) is 4.28. The number of benzene rings is 1. The first-order chi connectivity index (χ1) is 14.0. The molecule has 0 radical (unpaired) electrons. The van der Waals surface area contributed by atoms with Crippen molar-refractivity contribution in [1.29, 1.82) is 0 Å². The second-order valence-electron chi connectivity index (χ2n) is 8.04. The lowest BCUT2D eigenvalue weighted by atomic mass is 9.75. The molecule has 0 aliphatic carbocycles. The number of carbonyl (C=O) groups is 4. The number of Topliss-reactive ketones (excluding diaryl/α,β-unsaturated/α-hetero) is 1. The number of hydrogen-bond donors (Lipinski definition) is 0. The number of esters is 3. The van der Waals surface area contributed by atoms with Gasteiger partial charge in [0.05, 0.1) is 17.4 Å². The second-order valence-corrected chi connectivity index (χ2v) is 8.04. The summed E-state index contributed by atoms with van der Waals surface area (Å²) in [5.41, 5.74) is -1.67. The molecule has 166 valence electrons. The van der Waals surface area contributed by atoms with E-state index in [1.54, 1.807) is 45.9 Å². The minimum atomic E-state index is -1.02. The third kappa shape index (κ3) is 7.94. The van der Waals surface area contributed by atoms with Gasteiger partial charge in [0, 0.05) is 12.7 Å². The Labute approximate surface area is 176 Å². The highest BCUT2D eigenvalue weighted by Gasteiger charge is 2.41. The van der Waals surface area contributed by atoms with Crippen LogP contribution in [0.5, 0.6) is 0 Å². The Hall–Kier alpha value is -2.74. The molecule has 8 heteroatoms. The molecule has 0 spiro atoms. The topological polar surface area (TPSA) is 105 Å². The van der Waals surface area contributed by atoms with Crippen LogP contribution < -0.4 is 0 Å². The van der Waals surface area contributed by atoms with Gasteiger partial charge in [-0.3, -0.25) is 14.4 Å². The van der Waals surface area contributed by atoms with E-state index < -0.39 is 34.5 Å². The van der Waals surface area contributed by atoms with Crippen LogP contribution in [0, 0.1) is 10.8 Å². The molecule has 0 unspecified atom stereocenters. The number of carbonyl (C=O) groups excluding carboxylic acids is 4. The van der Waals surface area contributed by atoms with Crippen molar-refractivity contribution >= 4 is 23.7 Å². The zero-order chi connectivity index (χ0) is 22.8. The summed E-state index contributed by atoms with van der Waals surface area (Å²) in [5.74, 6) is -2.77. The summed E-state index contributed by atoms with van der Waals surface area (Å²) in [4.78, 5) is 48.4. The summed E-state index contributed by atoms with van der Waals surface area (Å²) in [7, 11) is 1.51. The molecule has 1 rings (SSSR count). The molecule has 0 N–H and O–H groups in total. The molecule has 30 heavy (non-hydrogen) atoms. The van der Waals surface area contributed by atoms with E-state index in [0.29, 0.717) is 6.61 Å². The van der Waals surface area contributed by atoms with E-state index in [2.05, 4.69) is 0 Å². The largest absolute Gasteiger partial charge is 0.463 e. The molecular formula is C22H30O8. The summed E-state index contributed by atoms with van der Waals surface area (Å²) in [6.45, 7) is 6.67. The summed E-state index contributed by atoms with van der Waals surface area (Å²) < 4.78 is 20.0. The predicted octanol–water partition coefficient (Wildman–Crippen LogP) is 2.59. The van der Waals surface area contributed by atoms with Gasteiger partial charge in [-0.25, -0.2) is 4.79 Å². The first-order valence-corrected chi connectivity index (χ1v) is 9.61. The maximum Gasteiger partial charge on any atom is 0.379 e. The van der Waals surface area contributed by atoms with Gasteiger partial charge in [0.2, 0.25) is 0 Å². The van der Waals surface area contributed by atoms with Crippen molar-refractivity contribution in [3.05, 3.63) is 35.9 Å². The molecule has 0 bridgehead atoms. The van der Waals surface area contributed by atoms with Crippen molar-refractivity contribution in [2.75, 3.05) is 33.5 Å². The lowest BCUT2D eigenvalue weighted by Gasteiger charge is -2.31. The molecule has 0 saturated carbocycles. The van der Waals surface area contributed by atoms with Gasteiger partial charge >= 0.3 is 17.9 Å². The van der Waals surface area contributed by atoms with Crippen LogP contribution in [0.4, 0.5) is 0 Å². The monoisotopic (exact) mass is 422 g/mol. The van der Waals surface area contributed by atoms with Crippen molar-refractivity contribution in [3.63, 3.8) is 0 Å². The number of methoxy groups -OCH3 is 1. The van der Waals surface area contributed by atoms with Crippen LogP contribution in [0.1, 0.15) is 44.5 Å². The fraction of sp³-hybridized carbons (Fsp3) is 0.545. The molecule has 0 aliphatic rings. The SMILES string of the molecule is COCCOC(=O)C(C)(C)CC(C)(C)C(=O)OCCOC(=O)C(=O)c1ccccc1. The summed E-state index contributed by atoms with van der Waals surface area (Å²) >= 11 is 0. The normalized spacial score (nSPS) is 11.5. The Bertz CT molecular complexity index is 737. The number of ketones is 1. The van der Waals surface area contributed by atoms with Crippen LogP contribution in [0.15, 0.2) is 30.3 Å². The Morgan fingerprint density at radius 1 is 0.733 bits per heavy atom. The van der Waals surface area contributed by atoms with Crippen LogP contribution in [0.2, 0.25) is 0 Å². The van der Waals surface area contributed by atoms with Crippen molar-refractivity contribution in [2.45, 2.75) is 34.1 Å². The number of rotatable bonds is 12. The van der Waals surface area contributed by atoms with Crippen LogP contribution in [-0.4, -0.2) is 57.2 Å². The summed E-state index contributed by atoms with van der Waals surface area (Å²) in [6.07, 6.45) is 0.191. The molecule has 0 amide bonds. The van der Waals surface area contributed by atoms with E-state index in [9.17, 15) is 19.2 Å². The molecule has 0 aromatic heterocycles. The fourth-order valence-corrected chi connectivity index (χ4v) is 2.90. The lowest BCUT2D eigenvalue weighted by Crippen LogP contribution is -2.37. The van der Waals surface area contributed by atoms with E-state index in [1.807, 2.05) is 0 Å². The number of hydrogen-bond acceptors (Lipinski definition) is 8. The first-order valence-electron chi connectivity index (χ1n) is 9.61. The fourth-order valence-electron chi connectivity index (χ4n) is 2.90. The molecular weight excluding hydrogens is 392 g/mol. The average Bonchev–Trinajstić information content (AvgIpc) is 2.70. The minimum absolute atomic E-state index is 0.136. The van der Waals surface area contributed by atoms with Gasteiger partial charge in [0.25, 0.3) is 5.78 Å². The third-order valence-electron chi connectivity index (χ3n) is 4.28. The van der Waals surface area contributed by atoms with Crippen molar-refractivity contribution < 1.29 is 38.1 Å². The van der Waals surface area contributed by atoms with E-state index in [-0.39, 0.29) is 31.8 Å². The highest BCUT2D eigenvalue weighted by atomic mass is 16.6. The maximum absolute atomic E-state index is 12.4. The maximum atomic E-state index is 12.4.